The van der Waals surface area contributed by atoms with Crippen LogP contribution in [0.5, 0.6) is 0 Å². The number of anilines is 1. The number of nitrogens with zero attached hydrogens (tertiary/aromatic N) is 2. The minimum atomic E-state index is -0.240. The fraction of sp³-hybridized carbons (Fsp3) is 0.714. The minimum Gasteiger partial charge on any atom is -0.368 e. The number of nitrogens with two attached hydrogens (primary N) is 2. The first-order chi connectivity index (χ1) is 9.11. The predicted octanol–water partition coefficient (Wildman–Crippen LogP) is 1.08. The maximum absolute atomic E-state index is 11.8. The largest absolute Gasteiger partial charge is 0.368 e. The molecule has 5 heteroatoms. The topological polar surface area (TPSA) is 86.9 Å². The van der Waals surface area contributed by atoms with E-state index in [1.807, 2.05) is 0 Å². The Kier molecular flexibility index (Phi) is 2.23. The second kappa shape index (κ2) is 3.74. The summed E-state index contributed by atoms with van der Waals surface area (Å²) in [4.78, 5) is 16.2. The van der Waals surface area contributed by atoms with Gasteiger partial charge in [-0.15, -0.1) is 0 Å². The molecule has 4 fully saturated rings. The standard InChI is InChI=1S/C14H20N4O/c15-14-17-11(6-12(19)18(14)16)13-9-2-7-1-8(4-9)5-10(13)3-7/h6-10,13H,1-5,16H2,(H2,15,17). The molecule has 4 N–H and O–H groups in total. The normalized spacial score (nSPS) is 39.7. The van der Waals surface area contributed by atoms with Crippen LogP contribution in [0.25, 0.3) is 0 Å². The monoisotopic (exact) mass is 260 g/mol. The van der Waals surface area contributed by atoms with Gasteiger partial charge in [-0.25, -0.2) is 4.98 Å². The zero-order valence-corrected chi connectivity index (χ0v) is 11.0. The summed E-state index contributed by atoms with van der Waals surface area (Å²) in [5, 5.41) is 0. The van der Waals surface area contributed by atoms with E-state index in [1.165, 1.54) is 32.1 Å². The van der Waals surface area contributed by atoms with Crippen molar-refractivity contribution in [2.75, 3.05) is 11.6 Å². The summed E-state index contributed by atoms with van der Waals surface area (Å²) in [7, 11) is 0. The zero-order valence-electron chi connectivity index (χ0n) is 11.0. The van der Waals surface area contributed by atoms with Crippen LogP contribution in [0.15, 0.2) is 10.9 Å². The van der Waals surface area contributed by atoms with Gasteiger partial charge in [-0.05, 0) is 55.8 Å². The Morgan fingerprint density at radius 1 is 1.11 bits per heavy atom. The second-order valence-corrected chi connectivity index (χ2v) is 6.70. The lowest BCUT2D eigenvalue weighted by Crippen LogP contribution is -2.44. The SMILES string of the molecule is Nc1nc(C2C3CC4CC(C3)CC2C4)cc(=O)n1N. The molecule has 4 bridgehead atoms. The van der Waals surface area contributed by atoms with Crippen molar-refractivity contribution in [2.24, 2.45) is 23.7 Å². The second-order valence-electron chi connectivity index (χ2n) is 6.70. The van der Waals surface area contributed by atoms with Crippen molar-refractivity contribution in [3.05, 3.63) is 22.1 Å². The molecule has 4 aliphatic rings. The van der Waals surface area contributed by atoms with Gasteiger partial charge in [0, 0.05) is 12.0 Å². The molecule has 5 rings (SSSR count). The van der Waals surface area contributed by atoms with Crippen molar-refractivity contribution in [1.82, 2.24) is 9.66 Å². The maximum Gasteiger partial charge on any atom is 0.273 e. The summed E-state index contributed by atoms with van der Waals surface area (Å²) >= 11 is 0. The molecule has 1 heterocycles. The highest BCUT2D eigenvalue weighted by Gasteiger charge is 2.49. The van der Waals surface area contributed by atoms with E-state index in [0.29, 0.717) is 17.8 Å². The first-order valence-corrected chi connectivity index (χ1v) is 7.26. The third kappa shape index (κ3) is 1.60. The molecule has 1 aromatic heterocycles. The molecule has 0 aromatic carbocycles. The molecule has 1 aromatic rings. The highest BCUT2D eigenvalue weighted by molar-refractivity contribution is 5.25. The van der Waals surface area contributed by atoms with Gasteiger partial charge in [-0.3, -0.25) is 4.79 Å². The highest BCUT2D eigenvalue weighted by atomic mass is 16.1. The van der Waals surface area contributed by atoms with Crippen molar-refractivity contribution >= 4 is 5.95 Å². The molecule has 0 atom stereocenters. The molecular formula is C14H20N4O. The Balaban J connectivity index is 1.75. The molecule has 0 amide bonds. The van der Waals surface area contributed by atoms with E-state index in [1.54, 1.807) is 6.07 Å². The van der Waals surface area contributed by atoms with Gasteiger partial charge in [-0.1, -0.05) is 0 Å². The summed E-state index contributed by atoms with van der Waals surface area (Å²) in [6.07, 6.45) is 6.67. The van der Waals surface area contributed by atoms with E-state index in [2.05, 4.69) is 4.98 Å². The fourth-order valence-corrected chi connectivity index (χ4v) is 5.11. The Labute approximate surface area is 112 Å². The predicted molar refractivity (Wildman–Crippen MR) is 72.8 cm³/mol. The average molecular weight is 260 g/mol. The van der Waals surface area contributed by atoms with Gasteiger partial charge in [0.05, 0.1) is 5.69 Å². The first-order valence-electron chi connectivity index (χ1n) is 7.26. The number of rotatable bonds is 1. The first kappa shape index (κ1) is 11.3. The van der Waals surface area contributed by atoms with E-state index in [9.17, 15) is 4.79 Å². The van der Waals surface area contributed by atoms with Crippen molar-refractivity contribution < 1.29 is 0 Å². The highest BCUT2D eigenvalue weighted by Crippen LogP contribution is 2.59. The number of hydrogen-bond donors (Lipinski definition) is 2. The molecule has 0 spiro atoms. The van der Waals surface area contributed by atoms with Crippen LogP contribution in [-0.4, -0.2) is 9.66 Å². The average Bonchev–Trinajstić information content (AvgIpc) is 2.34. The van der Waals surface area contributed by atoms with Gasteiger partial charge in [-0.2, -0.15) is 4.68 Å². The van der Waals surface area contributed by atoms with Crippen LogP contribution in [0.2, 0.25) is 0 Å². The van der Waals surface area contributed by atoms with E-state index in [4.69, 9.17) is 11.6 Å². The van der Waals surface area contributed by atoms with Crippen molar-refractivity contribution in [1.29, 1.82) is 0 Å². The lowest BCUT2D eigenvalue weighted by Gasteiger charge is -2.54. The number of nitrogen functional groups attached to an aromatic ring is 2. The quantitative estimate of drug-likeness (QED) is 0.740. The minimum absolute atomic E-state index is 0.135. The zero-order chi connectivity index (χ0) is 13.1. The van der Waals surface area contributed by atoms with Crippen molar-refractivity contribution in [3.63, 3.8) is 0 Å². The van der Waals surface area contributed by atoms with Crippen LogP contribution in [-0.2, 0) is 0 Å². The van der Waals surface area contributed by atoms with Crippen LogP contribution >= 0.6 is 0 Å². The van der Waals surface area contributed by atoms with Gasteiger partial charge >= 0.3 is 0 Å². The van der Waals surface area contributed by atoms with Crippen LogP contribution in [0.3, 0.4) is 0 Å². The molecule has 0 aliphatic heterocycles. The van der Waals surface area contributed by atoms with Gasteiger partial charge in [0.1, 0.15) is 0 Å². The Morgan fingerprint density at radius 3 is 2.21 bits per heavy atom. The van der Waals surface area contributed by atoms with Gasteiger partial charge in [0.2, 0.25) is 5.95 Å². The van der Waals surface area contributed by atoms with Crippen LogP contribution in [0.1, 0.15) is 43.7 Å². The summed E-state index contributed by atoms with van der Waals surface area (Å²) in [5.41, 5.74) is 6.39. The van der Waals surface area contributed by atoms with Crippen LogP contribution in [0, 0.1) is 23.7 Å². The Morgan fingerprint density at radius 2 is 1.68 bits per heavy atom. The third-order valence-corrected chi connectivity index (χ3v) is 5.57. The molecule has 102 valence electrons. The maximum atomic E-state index is 11.8. The van der Waals surface area contributed by atoms with Crippen molar-refractivity contribution in [2.45, 2.75) is 38.0 Å². The molecule has 4 aliphatic carbocycles. The van der Waals surface area contributed by atoms with Crippen molar-refractivity contribution in [3.8, 4) is 0 Å². The summed E-state index contributed by atoms with van der Waals surface area (Å²) in [5.74, 6) is 9.37. The van der Waals surface area contributed by atoms with Crippen LogP contribution in [0.4, 0.5) is 5.95 Å². The molecule has 0 unspecified atom stereocenters. The van der Waals surface area contributed by atoms with Crippen LogP contribution < -0.4 is 17.1 Å². The molecule has 0 radical (unpaired) electrons. The smallest absolute Gasteiger partial charge is 0.273 e. The summed E-state index contributed by atoms with van der Waals surface area (Å²) in [6.45, 7) is 0. The van der Waals surface area contributed by atoms with E-state index < -0.39 is 0 Å². The third-order valence-electron chi connectivity index (χ3n) is 5.57. The van der Waals surface area contributed by atoms with E-state index in [0.717, 1.165) is 22.2 Å². The molecular weight excluding hydrogens is 240 g/mol. The van der Waals surface area contributed by atoms with E-state index in [-0.39, 0.29) is 11.5 Å². The van der Waals surface area contributed by atoms with E-state index >= 15 is 0 Å². The molecule has 0 saturated heterocycles. The Bertz CT molecular complexity index is 551. The lowest BCUT2D eigenvalue weighted by atomic mass is 9.51. The Hall–Kier alpha value is -1.52. The molecule has 5 nitrogen and oxygen atoms in total. The molecule has 19 heavy (non-hydrogen) atoms. The molecule has 4 saturated carbocycles. The van der Waals surface area contributed by atoms with Gasteiger partial charge in [0.15, 0.2) is 0 Å². The number of hydrogen-bond acceptors (Lipinski definition) is 4. The summed E-state index contributed by atoms with van der Waals surface area (Å²) in [6, 6.07) is 1.60. The lowest BCUT2D eigenvalue weighted by molar-refractivity contribution is -0.00419. The van der Waals surface area contributed by atoms with Gasteiger partial charge in [0.25, 0.3) is 5.56 Å². The number of aromatic nitrogens is 2. The van der Waals surface area contributed by atoms with Gasteiger partial charge < -0.3 is 11.6 Å². The summed E-state index contributed by atoms with van der Waals surface area (Å²) < 4.78 is 0.930. The fourth-order valence-electron chi connectivity index (χ4n) is 5.11.